The van der Waals surface area contributed by atoms with Crippen molar-refractivity contribution in [2.24, 2.45) is 0 Å². The maximum absolute atomic E-state index is 6.32. The molecule has 3 aromatic heterocycles. The second kappa shape index (κ2) is 14.1. The van der Waals surface area contributed by atoms with Crippen molar-refractivity contribution in [2.45, 2.75) is 12.3 Å². The van der Waals surface area contributed by atoms with Gasteiger partial charge in [0, 0.05) is 53.9 Å². The molecule has 0 spiro atoms. The summed E-state index contributed by atoms with van der Waals surface area (Å²) >= 11 is 1.94. The molecule has 1 aliphatic rings. The number of benzene rings is 8. The summed E-state index contributed by atoms with van der Waals surface area (Å²) in [6.07, 6.45) is 5.67. The second-order valence-electron chi connectivity index (χ2n) is 15.5. The molecule has 0 saturated carbocycles. The van der Waals surface area contributed by atoms with Crippen LogP contribution in [0.1, 0.15) is 28.3 Å². The highest BCUT2D eigenvalue weighted by atomic mass is 32.1. The van der Waals surface area contributed by atoms with E-state index >= 15 is 0 Å². The molecule has 8 aromatic carbocycles. The minimum absolute atomic E-state index is 0.342. The van der Waals surface area contributed by atoms with Crippen molar-refractivity contribution in [3.8, 4) is 56.4 Å². The fourth-order valence-corrected chi connectivity index (χ4v) is 10.4. The van der Waals surface area contributed by atoms with Crippen LogP contribution in [-0.2, 0) is 0 Å². The fourth-order valence-electron chi connectivity index (χ4n) is 8.93. The topological polar surface area (TPSA) is 51.8 Å². The summed E-state index contributed by atoms with van der Waals surface area (Å²) in [4.78, 5) is 17.0. The monoisotopic (exact) mass is 785 g/mol. The molecule has 0 aliphatic heterocycles. The normalized spacial score (nSPS) is 13.7. The Labute approximate surface area is 350 Å². The summed E-state index contributed by atoms with van der Waals surface area (Å²) in [5, 5.41) is 5.76. The maximum Gasteiger partial charge on any atom is 0.164 e. The Balaban J connectivity index is 1.04. The van der Waals surface area contributed by atoms with Crippen LogP contribution in [-0.4, -0.2) is 15.0 Å². The number of para-hydroxylation sites is 1. The highest BCUT2D eigenvalue weighted by Crippen LogP contribution is 2.48. The van der Waals surface area contributed by atoms with E-state index in [1.54, 1.807) is 0 Å². The van der Waals surface area contributed by atoms with E-state index in [1.165, 1.54) is 42.6 Å². The van der Waals surface area contributed by atoms with Crippen LogP contribution in [0.4, 0.5) is 0 Å². The van der Waals surface area contributed by atoms with Crippen LogP contribution < -0.4 is 0 Å². The molecule has 12 rings (SSSR count). The molecule has 0 amide bonds. The summed E-state index contributed by atoms with van der Waals surface area (Å²) in [6, 6.07) is 64.3. The lowest BCUT2D eigenvalue weighted by atomic mass is 9.87. The van der Waals surface area contributed by atoms with E-state index in [-0.39, 0.29) is 0 Å². The first kappa shape index (κ1) is 34.6. The fraction of sp³-hybridized carbons (Fsp3) is 0.0364. The standard InChI is InChI=1S/C55H35N3OS/c1-3-14-35(15-4-1)41-20-11-22-46-47-23-12-21-45(52(47)60-51(41)46)42-29-27-39(32-48(42)36-16-5-2-6-17-36)54-56-53(38-26-25-34-13-7-8-18-37(34)31-38)57-55(58-54)40-28-30-44-43-19-9-10-24-49(43)59-50(44)33-40/h1-19,21-33,41H,20H2. The molecule has 0 radical (unpaired) electrons. The first-order valence-electron chi connectivity index (χ1n) is 20.4. The minimum atomic E-state index is 0.342. The largest absolute Gasteiger partial charge is 0.456 e. The minimum Gasteiger partial charge on any atom is -0.456 e. The quantitative estimate of drug-likeness (QED) is 0.168. The molecule has 1 unspecified atom stereocenters. The van der Waals surface area contributed by atoms with Gasteiger partial charge in [0.2, 0.25) is 0 Å². The molecule has 0 bridgehead atoms. The van der Waals surface area contributed by atoms with Crippen molar-refractivity contribution >= 4 is 60.2 Å². The van der Waals surface area contributed by atoms with Gasteiger partial charge in [0.25, 0.3) is 0 Å². The molecule has 60 heavy (non-hydrogen) atoms. The van der Waals surface area contributed by atoms with Crippen molar-refractivity contribution in [3.05, 3.63) is 204 Å². The van der Waals surface area contributed by atoms with Crippen LogP contribution in [0.25, 0.3) is 105 Å². The lowest BCUT2D eigenvalue weighted by Crippen LogP contribution is -2.02. The zero-order chi connectivity index (χ0) is 39.6. The number of allylic oxidation sites excluding steroid dienone is 1. The molecular formula is C55H35N3OS. The molecule has 1 atom stereocenters. The van der Waals surface area contributed by atoms with Crippen LogP contribution in [0.5, 0.6) is 0 Å². The zero-order valence-corrected chi connectivity index (χ0v) is 33.2. The van der Waals surface area contributed by atoms with Gasteiger partial charge >= 0.3 is 0 Å². The van der Waals surface area contributed by atoms with E-state index in [4.69, 9.17) is 19.4 Å². The van der Waals surface area contributed by atoms with Crippen LogP contribution in [0, 0.1) is 0 Å². The van der Waals surface area contributed by atoms with Crippen molar-refractivity contribution in [2.75, 3.05) is 0 Å². The Morgan fingerprint density at radius 1 is 0.450 bits per heavy atom. The summed E-state index contributed by atoms with van der Waals surface area (Å²) in [7, 11) is 0. The number of furan rings is 1. The molecule has 1 aliphatic carbocycles. The van der Waals surface area contributed by atoms with Gasteiger partial charge in [-0.15, -0.1) is 11.3 Å². The molecule has 0 saturated heterocycles. The number of hydrogen-bond acceptors (Lipinski definition) is 5. The summed E-state index contributed by atoms with van der Waals surface area (Å²) in [6.45, 7) is 0. The SMILES string of the molecule is C1=Cc2c(sc3c(-c4ccc(-c5nc(-c6ccc7ccccc7c6)nc(-c6ccc7c(c6)oc6ccccc67)n5)cc4-c4ccccc4)cccc23)C(c2ccccc2)C1. The van der Waals surface area contributed by atoms with Crippen molar-refractivity contribution in [1.82, 2.24) is 15.0 Å². The van der Waals surface area contributed by atoms with Gasteiger partial charge in [-0.05, 0) is 75.3 Å². The van der Waals surface area contributed by atoms with Gasteiger partial charge in [-0.1, -0.05) is 164 Å². The Morgan fingerprint density at radius 2 is 1.10 bits per heavy atom. The zero-order valence-electron chi connectivity index (χ0n) is 32.4. The highest BCUT2D eigenvalue weighted by Gasteiger charge is 2.25. The van der Waals surface area contributed by atoms with Crippen molar-refractivity contribution in [3.63, 3.8) is 0 Å². The first-order valence-corrected chi connectivity index (χ1v) is 21.2. The number of fused-ring (bicyclic) bond motifs is 7. The van der Waals surface area contributed by atoms with E-state index in [9.17, 15) is 0 Å². The molecule has 0 N–H and O–H groups in total. The lowest BCUT2D eigenvalue weighted by molar-refractivity contribution is 0.669. The van der Waals surface area contributed by atoms with E-state index < -0.39 is 0 Å². The van der Waals surface area contributed by atoms with Gasteiger partial charge in [-0.2, -0.15) is 0 Å². The smallest absolute Gasteiger partial charge is 0.164 e. The Bertz CT molecular complexity index is 3470. The molecule has 282 valence electrons. The lowest BCUT2D eigenvalue weighted by Gasteiger charge is -2.18. The summed E-state index contributed by atoms with van der Waals surface area (Å²) in [5.41, 5.74) is 11.7. The number of nitrogens with zero attached hydrogens (tertiary/aromatic N) is 3. The third-order valence-electron chi connectivity index (χ3n) is 11.9. The molecule has 11 aromatic rings. The highest BCUT2D eigenvalue weighted by molar-refractivity contribution is 7.20. The van der Waals surface area contributed by atoms with E-state index in [0.717, 1.165) is 61.6 Å². The molecular weight excluding hydrogens is 751 g/mol. The Kier molecular flexibility index (Phi) is 8.13. The predicted octanol–water partition coefficient (Wildman–Crippen LogP) is 15.0. The van der Waals surface area contributed by atoms with Gasteiger partial charge in [-0.25, -0.2) is 15.0 Å². The third kappa shape index (κ3) is 5.85. The number of thiophene rings is 1. The van der Waals surface area contributed by atoms with Gasteiger partial charge < -0.3 is 4.42 Å². The van der Waals surface area contributed by atoms with E-state index in [2.05, 4.69) is 176 Å². The van der Waals surface area contributed by atoms with Gasteiger partial charge in [0.15, 0.2) is 17.5 Å². The number of aromatic nitrogens is 3. The molecule has 5 heteroatoms. The van der Waals surface area contributed by atoms with Crippen molar-refractivity contribution in [1.29, 1.82) is 0 Å². The summed E-state index contributed by atoms with van der Waals surface area (Å²) in [5.74, 6) is 2.16. The van der Waals surface area contributed by atoms with Crippen molar-refractivity contribution < 1.29 is 4.42 Å². The third-order valence-corrected chi connectivity index (χ3v) is 13.3. The van der Waals surface area contributed by atoms with Gasteiger partial charge in [0.1, 0.15) is 11.2 Å². The Morgan fingerprint density at radius 3 is 1.93 bits per heavy atom. The molecule has 4 nitrogen and oxygen atoms in total. The Hall–Kier alpha value is -7.47. The number of rotatable bonds is 6. The average molecular weight is 786 g/mol. The first-order chi connectivity index (χ1) is 29.7. The molecule has 3 heterocycles. The van der Waals surface area contributed by atoms with Crippen LogP contribution in [0.3, 0.4) is 0 Å². The van der Waals surface area contributed by atoms with Crippen LogP contribution in [0.15, 0.2) is 192 Å². The average Bonchev–Trinajstić information content (AvgIpc) is 3.90. The van der Waals surface area contributed by atoms with Crippen LogP contribution in [0.2, 0.25) is 0 Å². The number of hydrogen-bond donors (Lipinski definition) is 0. The van der Waals surface area contributed by atoms with Crippen LogP contribution >= 0.6 is 11.3 Å². The predicted molar refractivity (Wildman–Crippen MR) is 249 cm³/mol. The maximum atomic E-state index is 6.32. The molecule has 0 fully saturated rings. The van der Waals surface area contributed by atoms with E-state index in [0.29, 0.717) is 23.4 Å². The van der Waals surface area contributed by atoms with Gasteiger partial charge in [-0.3, -0.25) is 0 Å². The summed E-state index contributed by atoms with van der Waals surface area (Å²) < 4.78 is 7.63. The van der Waals surface area contributed by atoms with Gasteiger partial charge in [0.05, 0.1) is 0 Å². The van der Waals surface area contributed by atoms with E-state index in [1.807, 2.05) is 29.5 Å². The second-order valence-corrected chi connectivity index (χ2v) is 16.5.